The summed E-state index contributed by atoms with van der Waals surface area (Å²) in [6.45, 7) is 5.06. The smallest absolute Gasteiger partial charge is 0.127 e. The molecule has 0 saturated carbocycles. The van der Waals surface area contributed by atoms with Gasteiger partial charge in [0.25, 0.3) is 0 Å². The van der Waals surface area contributed by atoms with Crippen LogP contribution in [-0.4, -0.2) is 24.7 Å². The second kappa shape index (κ2) is 7.32. The van der Waals surface area contributed by atoms with Gasteiger partial charge in [0.15, 0.2) is 0 Å². The fourth-order valence-electron chi connectivity index (χ4n) is 3.78. The zero-order chi connectivity index (χ0) is 17.1. The summed E-state index contributed by atoms with van der Waals surface area (Å²) in [5.41, 5.74) is 6.58. The molecule has 0 saturated heterocycles. The lowest BCUT2D eigenvalue weighted by Crippen LogP contribution is -2.16. The molecule has 0 spiro atoms. The SMILES string of the molecule is CCCCOc1ccccc1-c1cccc2[nH]c3c(c12)CCNCC3. The van der Waals surface area contributed by atoms with E-state index >= 15 is 0 Å². The van der Waals surface area contributed by atoms with Crippen molar-refractivity contribution in [2.24, 2.45) is 0 Å². The van der Waals surface area contributed by atoms with Gasteiger partial charge in [-0.1, -0.05) is 43.7 Å². The fourth-order valence-corrected chi connectivity index (χ4v) is 3.78. The lowest BCUT2D eigenvalue weighted by Gasteiger charge is -2.13. The molecular weight excluding hydrogens is 308 g/mol. The Labute approximate surface area is 149 Å². The van der Waals surface area contributed by atoms with E-state index in [1.165, 1.54) is 33.3 Å². The summed E-state index contributed by atoms with van der Waals surface area (Å²) < 4.78 is 6.10. The largest absolute Gasteiger partial charge is 0.493 e. The van der Waals surface area contributed by atoms with E-state index in [1.54, 1.807) is 0 Å². The lowest BCUT2D eigenvalue weighted by atomic mass is 9.96. The first-order valence-electron chi connectivity index (χ1n) is 9.44. The minimum absolute atomic E-state index is 0.776. The maximum absolute atomic E-state index is 6.10. The molecule has 4 rings (SSSR count). The Kier molecular flexibility index (Phi) is 4.75. The number of hydrogen-bond acceptors (Lipinski definition) is 2. The van der Waals surface area contributed by atoms with E-state index in [0.29, 0.717) is 0 Å². The summed E-state index contributed by atoms with van der Waals surface area (Å²) in [5.74, 6) is 0.991. The molecule has 0 aliphatic carbocycles. The van der Waals surface area contributed by atoms with Crippen LogP contribution >= 0.6 is 0 Å². The monoisotopic (exact) mass is 334 g/mol. The van der Waals surface area contributed by atoms with Gasteiger partial charge < -0.3 is 15.0 Å². The minimum atomic E-state index is 0.776. The van der Waals surface area contributed by atoms with Crippen molar-refractivity contribution in [2.45, 2.75) is 32.6 Å². The van der Waals surface area contributed by atoms with Gasteiger partial charge in [-0.25, -0.2) is 0 Å². The van der Waals surface area contributed by atoms with Gasteiger partial charge in [-0.3, -0.25) is 0 Å². The van der Waals surface area contributed by atoms with Crippen LogP contribution in [0.1, 0.15) is 31.0 Å². The molecule has 2 heterocycles. The van der Waals surface area contributed by atoms with Gasteiger partial charge in [-0.2, -0.15) is 0 Å². The summed E-state index contributed by atoms with van der Waals surface area (Å²) in [4.78, 5) is 3.66. The summed E-state index contributed by atoms with van der Waals surface area (Å²) in [6.07, 6.45) is 4.38. The van der Waals surface area contributed by atoms with Crippen molar-refractivity contribution >= 4 is 10.9 Å². The Balaban J connectivity index is 1.83. The number of nitrogens with one attached hydrogen (secondary N) is 2. The normalized spacial score (nSPS) is 14.3. The van der Waals surface area contributed by atoms with Crippen LogP contribution in [0.3, 0.4) is 0 Å². The number of aromatic nitrogens is 1. The van der Waals surface area contributed by atoms with Gasteiger partial charge in [0.1, 0.15) is 5.75 Å². The molecule has 3 heteroatoms. The van der Waals surface area contributed by atoms with Crippen molar-refractivity contribution in [3.05, 3.63) is 53.7 Å². The summed E-state index contributed by atoms with van der Waals surface area (Å²) in [5, 5.41) is 4.87. The number of aromatic amines is 1. The number of unbranched alkanes of at least 4 members (excludes halogenated alkanes) is 1. The molecule has 0 fully saturated rings. The van der Waals surface area contributed by atoms with Crippen LogP contribution in [0.25, 0.3) is 22.0 Å². The predicted octanol–water partition coefficient (Wildman–Crippen LogP) is 4.70. The molecule has 1 aromatic heterocycles. The first kappa shape index (κ1) is 16.2. The molecule has 3 nitrogen and oxygen atoms in total. The number of benzene rings is 2. The Morgan fingerprint density at radius 2 is 1.80 bits per heavy atom. The highest BCUT2D eigenvalue weighted by Crippen LogP contribution is 2.38. The van der Waals surface area contributed by atoms with Gasteiger partial charge in [0.05, 0.1) is 6.61 Å². The van der Waals surface area contributed by atoms with E-state index in [9.17, 15) is 0 Å². The maximum Gasteiger partial charge on any atom is 0.127 e. The van der Waals surface area contributed by atoms with Crippen LogP contribution < -0.4 is 10.1 Å². The third-order valence-electron chi connectivity index (χ3n) is 5.05. The topological polar surface area (TPSA) is 37.0 Å². The average molecular weight is 334 g/mol. The fraction of sp³-hybridized carbons (Fsp3) is 0.364. The van der Waals surface area contributed by atoms with Crippen molar-refractivity contribution < 1.29 is 4.74 Å². The second-order valence-electron chi connectivity index (χ2n) is 6.76. The number of fused-ring (bicyclic) bond motifs is 3. The predicted molar refractivity (Wildman–Crippen MR) is 104 cm³/mol. The van der Waals surface area contributed by atoms with Crippen LogP contribution in [0.4, 0.5) is 0 Å². The molecule has 3 aromatic rings. The van der Waals surface area contributed by atoms with Crippen molar-refractivity contribution in [2.75, 3.05) is 19.7 Å². The quantitative estimate of drug-likeness (QED) is 0.664. The average Bonchev–Trinajstić information content (AvgIpc) is 2.84. The van der Waals surface area contributed by atoms with E-state index in [0.717, 1.165) is 51.1 Å². The second-order valence-corrected chi connectivity index (χ2v) is 6.76. The van der Waals surface area contributed by atoms with Gasteiger partial charge in [0, 0.05) is 35.1 Å². The van der Waals surface area contributed by atoms with Gasteiger partial charge >= 0.3 is 0 Å². The third-order valence-corrected chi connectivity index (χ3v) is 5.05. The molecule has 1 aliphatic heterocycles. The van der Waals surface area contributed by atoms with E-state index in [-0.39, 0.29) is 0 Å². The van der Waals surface area contributed by atoms with Gasteiger partial charge in [-0.15, -0.1) is 0 Å². The van der Waals surface area contributed by atoms with Crippen molar-refractivity contribution in [3.63, 3.8) is 0 Å². The van der Waals surface area contributed by atoms with Crippen LogP contribution in [0, 0.1) is 0 Å². The zero-order valence-corrected chi connectivity index (χ0v) is 14.9. The first-order chi connectivity index (χ1) is 12.4. The molecule has 2 N–H and O–H groups in total. The molecule has 0 bridgehead atoms. The highest BCUT2D eigenvalue weighted by atomic mass is 16.5. The maximum atomic E-state index is 6.10. The Morgan fingerprint density at radius 1 is 0.960 bits per heavy atom. The minimum Gasteiger partial charge on any atom is -0.493 e. The van der Waals surface area contributed by atoms with Crippen LogP contribution in [0.2, 0.25) is 0 Å². The molecule has 0 radical (unpaired) electrons. The Hall–Kier alpha value is -2.26. The summed E-state index contributed by atoms with van der Waals surface area (Å²) in [6, 6.07) is 15.0. The van der Waals surface area contributed by atoms with E-state index in [1.807, 2.05) is 0 Å². The number of ether oxygens (including phenoxy) is 1. The number of para-hydroxylation sites is 1. The van der Waals surface area contributed by atoms with E-state index in [2.05, 4.69) is 59.7 Å². The lowest BCUT2D eigenvalue weighted by molar-refractivity contribution is 0.310. The number of hydrogen-bond donors (Lipinski definition) is 2. The van der Waals surface area contributed by atoms with Crippen LogP contribution in [0.15, 0.2) is 42.5 Å². The molecule has 2 aromatic carbocycles. The van der Waals surface area contributed by atoms with Crippen molar-refractivity contribution in [1.82, 2.24) is 10.3 Å². The van der Waals surface area contributed by atoms with Crippen LogP contribution in [0.5, 0.6) is 5.75 Å². The van der Waals surface area contributed by atoms with Gasteiger partial charge in [0.2, 0.25) is 0 Å². The van der Waals surface area contributed by atoms with Crippen molar-refractivity contribution in [3.8, 4) is 16.9 Å². The first-order valence-corrected chi connectivity index (χ1v) is 9.44. The van der Waals surface area contributed by atoms with Crippen molar-refractivity contribution in [1.29, 1.82) is 0 Å². The molecule has 130 valence electrons. The van der Waals surface area contributed by atoms with Crippen LogP contribution in [-0.2, 0) is 12.8 Å². The Morgan fingerprint density at radius 3 is 2.72 bits per heavy atom. The summed E-state index contributed by atoms with van der Waals surface area (Å²) in [7, 11) is 0. The number of rotatable bonds is 5. The standard InChI is InChI=1S/C22H26N2O/c1-2-3-15-25-21-10-5-4-7-16(21)17-8-6-9-20-22(17)18-11-13-23-14-12-19(18)24-20/h4-10,23-24H,2-3,11-15H2,1H3. The molecular formula is C22H26N2O. The highest BCUT2D eigenvalue weighted by molar-refractivity contribution is 5.99. The summed E-state index contributed by atoms with van der Waals surface area (Å²) >= 11 is 0. The molecule has 0 unspecified atom stereocenters. The Bertz CT molecular complexity index is 866. The molecule has 1 aliphatic rings. The third kappa shape index (κ3) is 3.16. The zero-order valence-electron chi connectivity index (χ0n) is 14.9. The van der Waals surface area contributed by atoms with E-state index in [4.69, 9.17) is 4.74 Å². The highest BCUT2D eigenvalue weighted by Gasteiger charge is 2.18. The molecule has 0 amide bonds. The van der Waals surface area contributed by atoms with E-state index < -0.39 is 0 Å². The number of H-pyrrole nitrogens is 1. The molecule has 0 atom stereocenters. The molecule has 25 heavy (non-hydrogen) atoms. The van der Waals surface area contributed by atoms with Gasteiger partial charge in [-0.05, 0) is 42.6 Å².